The molecule has 0 saturated heterocycles. The lowest BCUT2D eigenvalue weighted by Gasteiger charge is -2.15. The molecule has 0 aliphatic carbocycles. The molecule has 0 unspecified atom stereocenters. The quantitative estimate of drug-likeness (QED) is 0.198. The zero-order chi connectivity index (χ0) is 26.8. The number of imidazole rings is 2. The molecular weight excluding hydrogens is 549 g/mol. The smallest absolute Gasteiger partial charge is 0.138 e. The van der Waals surface area contributed by atoms with Crippen LogP contribution in [0.5, 0.6) is 0 Å². The van der Waals surface area contributed by atoms with Crippen LogP contribution < -0.4 is 10.6 Å². The molecule has 5 aromatic rings. The van der Waals surface area contributed by atoms with Crippen molar-refractivity contribution in [3.8, 4) is 0 Å². The van der Waals surface area contributed by atoms with Gasteiger partial charge in [-0.05, 0) is 62.4 Å². The third-order valence-electron chi connectivity index (χ3n) is 6.32. The standard InChI is InChI=1S/C28H28N6S4/c1-17(25-31-21-9-5-7-11-23(21)33(25)3)37-27(35)29-19-13-15-20(16-14-19)30-28(36)38-18(2)26-32-22-10-6-8-12-24(22)34(26)4/h5-18H,1-4H3,(H,29,35)(H,30,36)/t17-,18-/m0/s1. The molecule has 3 aromatic carbocycles. The number of thiocarbonyl (C=S) groups is 2. The van der Waals surface area contributed by atoms with Gasteiger partial charge in [-0.2, -0.15) is 0 Å². The summed E-state index contributed by atoms with van der Waals surface area (Å²) in [4.78, 5) is 9.59. The zero-order valence-corrected chi connectivity index (χ0v) is 24.8. The van der Waals surface area contributed by atoms with Gasteiger partial charge in [0.15, 0.2) is 0 Å². The van der Waals surface area contributed by atoms with Crippen molar-refractivity contribution in [2.24, 2.45) is 14.1 Å². The second kappa shape index (κ2) is 11.4. The van der Waals surface area contributed by atoms with Gasteiger partial charge in [0.25, 0.3) is 0 Å². The number of aryl methyl sites for hydroxylation is 2. The molecule has 0 aliphatic rings. The second-order valence-corrected chi connectivity index (χ2v) is 13.0. The van der Waals surface area contributed by atoms with Crippen LogP contribution in [0.15, 0.2) is 72.8 Å². The topological polar surface area (TPSA) is 59.7 Å². The van der Waals surface area contributed by atoms with Gasteiger partial charge >= 0.3 is 0 Å². The average Bonchev–Trinajstić information content (AvgIpc) is 3.42. The highest BCUT2D eigenvalue weighted by atomic mass is 32.2. The first-order valence-corrected chi connectivity index (χ1v) is 14.8. The van der Waals surface area contributed by atoms with E-state index in [2.05, 4.69) is 45.7 Å². The molecule has 2 N–H and O–H groups in total. The SMILES string of the molecule is C[C@H](SC(=S)Nc1ccc(NC(=S)S[C@@H](C)c2nc3ccccc3n2C)cc1)c1nc2ccccc2n1C. The number of benzene rings is 3. The van der Waals surface area contributed by atoms with E-state index in [4.69, 9.17) is 34.4 Å². The summed E-state index contributed by atoms with van der Waals surface area (Å²) in [5.74, 6) is 2.00. The van der Waals surface area contributed by atoms with Crippen LogP contribution in [-0.2, 0) is 14.1 Å². The van der Waals surface area contributed by atoms with E-state index in [0.29, 0.717) is 8.64 Å². The first-order chi connectivity index (χ1) is 18.3. The van der Waals surface area contributed by atoms with Gasteiger partial charge in [-0.1, -0.05) is 72.2 Å². The van der Waals surface area contributed by atoms with Gasteiger partial charge in [0, 0.05) is 25.5 Å². The lowest BCUT2D eigenvalue weighted by Crippen LogP contribution is -2.10. The number of nitrogens with one attached hydrogen (secondary N) is 2. The van der Waals surface area contributed by atoms with Crippen LogP contribution in [0.2, 0.25) is 0 Å². The Hall–Kier alpha value is -2.92. The highest BCUT2D eigenvalue weighted by Crippen LogP contribution is 2.33. The molecule has 0 aliphatic heterocycles. The monoisotopic (exact) mass is 576 g/mol. The van der Waals surface area contributed by atoms with Gasteiger partial charge in [-0.3, -0.25) is 0 Å². The molecule has 2 heterocycles. The summed E-state index contributed by atoms with van der Waals surface area (Å²) in [5, 5.41) is 6.88. The van der Waals surface area contributed by atoms with Crippen molar-refractivity contribution < 1.29 is 0 Å². The summed E-state index contributed by atoms with van der Waals surface area (Å²) in [5.41, 5.74) is 6.09. The number of nitrogens with zero attached hydrogens (tertiary/aromatic N) is 4. The van der Waals surface area contributed by atoms with Gasteiger partial charge in [-0.25, -0.2) is 9.97 Å². The van der Waals surface area contributed by atoms with Crippen LogP contribution in [0.4, 0.5) is 11.4 Å². The molecule has 0 saturated carbocycles. The van der Waals surface area contributed by atoms with Crippen LogP contribution in [-0.4, -0.2) is 27.7 Å². The van der Waals surface area contributed by atoms with Gasteiger partial charge < -0.3 is 19.8 Å². The van der Waals surface area contributed by atoms with Crippen molar-refractivity contribution in [3.05, 3.63) is 84.4 Å². The number of fused-ring (bicyclic) bond motifs is 2. The molecule has 6 nitrogen and oxygen atoms in total. The molecule has 2 aromatic heterocycles. The Bertz CT molecular complexity index is 1500. The Morgan fingerprint density at radius 1 is 0.658 bits per heavy atom. The van der Waals surface area contributed by atoms with Crippen molar-refractivity contribution in [1.29, 1.82) is 0 Å². The Morgan fingerprint density at radius 3 is 1.39 bits per heavy atom. The molecule has 0 spiro atoms. The first kappa shape index (κ1) is 26.7. The van der Waals surface area contributed by atoms with E-state index in [1.54, 1.807) is 23.5 Å². The van der Waals surface area contributed by atoms with E-state index in [9.17, 15) is 0 Å². The summed E-state index contributed by atoms with van der Waals surface area (Å²) in [7, 11) is 4.09. The molecule has 10 heteroatoms. The number of aromatic nitrogens is 4. The number of thioether (sulfide) groups is 2. The molecule has 0 bridgehead atoms. The van der Waals surface area contributed by atoms with E-state index in [-0.39, 0.29) is 10.5 Å². The summed E-state index contributed by atoms with van der Waals surface area (Å²) in [6, 6.07) is 24.3. The summed E-state index contributed by atoms with van der Waals surface area (Å²) < 4.78 is 5.67. The van der Waals surface area contributed by atoms with Crippen LogP contribution >= 0.6 is 48.0 Å². The Kier molecular flexibility index (Phi) is 8.04. The maximum atomic E-state index is 5.63. The van der Waals surface area contributed by atoms with E-state index >= 15 is 0 Å². The molecule has 194 valence electrons. The summed E-state index contributed by atoms with van der Waals surface area (Å²) >= 11 is 14.4. The normalized spacial score (nSPS) is 12.9. The fourth-order valence-electron chi connectivity index (χ4n) is 4.41. The summed E-state index contributed by atoms with van der Waals surface area (Å²) in [6.07, 6.45) is 0. The summed E-state index contributed by atoms with van der Waals surface area (Å²) in [6.45, 7) is 4.25. The highest BCUT2D eigenvalue weighted by molar-refractivity contribution is 8.23. The van der Waals surface area contributed by atoms with Gasteiger partial charge in [0.2, 0.25) is 0 Å². The van der Waals surface area contributed by atoms with Crippen molar-refractivity contribution in [2.75, 3.05) is 10.6 Å². The molecule has 0 amide bonds. The number of anilines is 2. The Labute approximate surface area is 241 Å². The lowest BCUT2D eigenvalue weighted by atomic mass is 10.3. The highest BCUT2D eigenvalue weighted by Gasteiger charge is 2.18. The minimum Gasteiger partial charge on any atom is -0.341 e. The third kappa shape index (κ3) is 5.73. The van der Waals surface area contributed by atoms with E-state index in [1.807, 2.05) is 74.8 Å². The molecule has 5 rings (SSSR count). The third-order valence-corrected chi connectivity index (χ3v) is 8.86. The average molecular weight is 577 g/mol. The number of hydrogen-bond donors (Lipinski definition) is 2. The van der Waals surface area contributed by atoms with Crippen molar-refractivity contribution >= 4 is 90.0 Å². The van der Waals surface area contributed by atoms with Crippen molar-refractivity contribution in [3.63, 3.8) is 0 Å². The molecule has 38 heavy (non-hydrogen) atoms. The largest absolute Gasteiger partial charge is 0.341 e. The van der Waals surface area contributed by atoms with Crippen LogP contribution in [0, 0.1) is 0 Å². The van der Waals surface area contributed by atoms with Crippen molar-refractivity contribution in [2.45, 2.75) is 24.3 Å². The second-order valence-electron chi connectivity index (χ2n) is 8.96. The molecule has 0 radical (unpaired) electrons. The number of para-hydroxylation sites is 4. The minimum atomic E-state index is 0.112. The number of hydrogen-bond acceptors (Lipinski definition) is 6. The first-order valence-electron chi connectivity index (χ1n) is 12.2. The van der Waals surface area contributed by atoms with E-state index in [1.165, 1.54) is 0 Å². The van der Waals surface area contributed by atoms with Gasteiger partial charge in [0.05, 0.1) is 32.6 Å². The minimum absolute atomic E-state index is 0.112. The number of rotatable bonds is 6. The van der Waals surface area contributed by atoms with E-state index < -0.39 is 0 Å². The van der Waals surface area contributed by atoms with E-state index in [0.717, 1.165) is 45.1 Å². The van der Waals surface area contributed by atoms with Crippen molar-refractivity contribution in [1.82, 2.24) is 19.1 Å². The lowest BCUT2D eigenvalue weighted by molar-refractivity contribution is 0.819. The Balaban J connectivity index is 1.15. The maximum Gasteiger partial charge on any atom is 0.138 e. The molecule has 2 atom stereocenters. The molecular formula is C28H28N6S4. The zero-order valence-electron chi connectivity index (χ0n) is 21.5. The van der Waals surface area contributed by atoms with Gasteiger partial charge in [0.1, 0.15) is 20.3 Å². The Morgan fingerprint density at radius 2 is 1.03 bits per heavy atom. The van der Waals surface area contributed by atoms with Crippen LogP contribution in [0.3, 0.4) is 0 Å². The molecule has 0 fully saturated rings. The van der Waals surface area contributed by atoms with Gasteiger partial charge in [-0.15, -0.1) is 0 Å². The predicted molar refractivity (Wildman–Crippen MR) is 172 cm³/mol. The predicted octanol–water partition coefficient (Wildman–Crippen LogP) is 7.84. The van der Waals surface area contributed by atoms with Crippen LogP contribution in [0.1, 0.15) is 36.0 Å². The van der Waals surface area contributed by atoms with Crippen LogP contribution in [0.25, 0.3) is 22.1 Å². The fourth-order valence-corrected chi connectivity index (χ4v) is 7.14. The maximum absolute atomic E-state index is 5.63. The fraction of sp³-hybridized carbons (Fsp3) is 0.214.